The molecule has 0 aliphatic rings. The third kappa shape index (κ3) is 5.54. The van der Waals surface area contributed by atoms with Crippen LogP contribution in [0, 0.1) is 0 Å². The Morgan fingerprint density at radius 3 is 2.55 bits per heavy atom. The minimum Gasteiger partial charge on any atom is -0.469 e. The van der Waals surface area contributed by atoms with Gasteiger partial charge in [0.25, 0.3) is 0 Å². The number of carbonyl (C=O) groups is 1. The lowest BCUT2D eigenvalue weighted by Gasteiger charge is -2.13. The van der Waals surface area contributed by atoms with E-state index in [0.717, 1.165) is 5.56 Å². The first kappa shape index (κ1) is 16.4. The second-order valence-corrected chi connectivity index (χ2v) is 6.19. The summed E-state index contributed by atoms with van der Waals surface area (Å²) in [5.41, 5.74) is 0.819. The van der Waals surface area contributed by atoms with Crippen molar-refractivity contribution in [2.45, 2.75) is 12.8 Å². The van der Waals surface area contributed by atoms with Crippen LogP contribution in [0.25, 0.3) is 6.08 Å². The monoisotopic (exact) mass is 297 g/mol. The van der Waals surface area contributed by atoms with E-state index in [4.69, 9.17) is 0 Å². The zero-order chi connectivity index (χ0) is 15.0. The normalized spacial score (nSPS) is 11.9. The molecule has 0 bridgehead atoms. The molecule has 1 aromatic carbocycles. The van der Waals surface area contributed by atoms with Crippen molar-refractivity contribution in [3.63, 3.8) is 0 Å². The Hall–Kier alpha value is -1.66. The van der Waals surface area contributed by atoms with Crippen LogP contribution in [0.2, 0.25) is 0 Å². The summed E-state index contributed by atoms with van der Waals surface area (Å²) in [6, 6.07) is 9.19. The maximum Gasteiger partial charge on any atom is 0.305 e. The van der Waals surface area contributed by atoms with Gasteiger partial charge in [0.1, 0.15) is 0 Å². The second kappa shape index (κ2) is 7.81. The van der Waals surface area contributed by atoms with Gasteiger partial charge in [-0.3, -0.25) is 4.79 Å². The van der Waals surface area contributed by atoms with Crippen LogP contribution in [0.15, 0.2) is 35.7 Å². The lowest BCUT2D eigenvalue weighted by Crippen LogP contribution is -2.26. The molecule has 0 unspecified atom stereocenters. The van der Waals surface area contributed by atoms with E-state index in [1.165, 1.54) is 23.9 Å². The minimum atomic E-state index is -3.46. The molecule has 0 spiro atoms. The second-order valence-electron chi connectivity index (χ2n) is 4.26. The highest BCUT2D eigenvalue weighted by Crippen LogP contribution is 2.07. The molecule has 0 aliphatic carbocycles. The van der Waals surface area contributed by atoms with Gasteiger partial charge < -0.3 is 4.74 Å². The molecule has 0 fully saturated rings. The highest BCUT2D eigenvalue weighted by Gasteiger charge is 2.14. The van der Waals surface area contributed by atoms with Crippen LogP contribution in [0.5, 0.6) is 0 Å². The van der Waals surface area contributed by atoms with E-state index in [0.29, 0.717) is 6.42 Å². The van der Waals surface area contributed by atoms with Gasteiger partial charge in [-0.15, -0.1) is 0 Å². The van der Waals surface area contributed by atoms with Crippen LogP contribution in [-0.4, -0.2) is 39.4 Å². The van der Waals surface area contributed by atoms with Crippen LogP contribution < -0.4 is 0 Å². The Bertz CT molecular complexity index is 552. The van der Waals surface area contributed by atoms with Gasteiger partial charge in [-0.1, -0.05) is 30.3 Å². The van der Waals surface area contributed by atoms with Gasteiger partial charge in [-0.25, -0.2) is 12.7 Å². The molecular formula is C14H19NO4S. The van der Waals surface area contributed by atoms with Crippen LogP contribution in [0.3, 0.4) is 0 Å². The molecule has 0 atom stereocenters. The molecule has 0 radical (unpaired) electrons. The molecule has 1 rings (SSSR count). The third-order valence-electron chi connectivity index (χ3n) is 2.75. The summed E-state index contributed by atoms with van der Waals surface area (Å²) in [6.07, 6.45) is 2.19. The number of hydrogen-bond donors (Lipinski definition) is 0. The van der Waals surface area contributed by atoms with Crippen molar-refractivity contribution in [1.29, 1.82) is 0 Å². The number of nitrogens with zero attached hydrogens (tertiary/aromatic N) is 1. The van der Waals surface area contributed by atoms with Crippen LogP contribution in [-0.2, 0) is 19.6 Å². The number of esters is 1. The summed E-state index contributed by atoms with van der Waals surface area (Å²) in [5.74, 6) is -0.337. The summed E-state index contributed by atoms with van der Waals surface area (Å²) in [6.45, 7) is 0.274. The molecule has 6 heteroatoms. The molecule has 20 heavy (non-hydrogen) atoms. The number of carbonyl (C=O) groups excluding carboxylic acids is 1. The lowest BCUT2D eigenvalue weighted by molar-refractivity contribution is -0.140. The zero-order valence-electron chi connectivity index (χ0n) is 11.7. The van der Waals surface area contributed by atoms with Gasteiger partial charge >= 0.3 is 5.97 Å². The number of hydrogen-bond acceptors (Lipinski definition) is 4. The van der Waals surface area contributed by atoms with Crippen molar-refractivity contribution >= 4 is 22.1 Å². The SMILES string of the molecule is COC(=O)CCCN(C)S(=O)(=O)/C=C/c1ccccc1. The molecule has 0 amide bonds. The Morgan fingerprint density at radius 2 is 1.95 bits per heavy atom. The summed E-state index contributed by atoms with van der Waals surface area (Å²) in [7, 11) is -0.664. The van der Waals surface area contributed by atoms with E-state index in [2.05, 4.69) is 4.74 Å². The van der Waals surface area contributed by atoms with Crippen LogP contribution in [0.1, 0.15) is 18.4 Å². The van der Waals surface area contributed by atoms with Crippen molar-refractivity contribution in [3.8, 4) is 0 Å². The topological polar surface area (TPSA) is 63.7 Å². The number of sulfonamides is 1. The number of benzene rings is 1. The average Bonchev–Trinajstić information content (AvgIpc) is 2.46. The smallest absolute Gasteiger partial charge is 0.305 e. The summed E-state index contributed by atoms with van der Waals surface area (Å²) in [5, 5.41) is 1.17. The van der Waals surface area contributed by atoms with Gasteiger partial charge in [0.05, 0.1) is 7.11 Å². The largest absolute Gasteiger partial charge is 0.469 e. The molecule has 0 aromatic heterocycles. The van der Waals surface area contributed by atoms with E-state index in [1.807, 2.05) is 30.3 Å². The zero-order valence-corrected chi connectivity index (χ0v) is 12.5. The van der Waals surface area contributed by atoms with E-state index in [-0.39, 0.29) is 18.9 Å². The quantitative estimate of drug-likeness (QED) is 0.721. The average molecular weight is 297 g/mol. The molecular weight excluding hydrogens is 278 g/mol. The molecule has 110 valence electrons. The van der Waals surface area contributed by atoms with E-state index < -0.39 is 10.0 Å². The molecule has 1 aromatic rings. The van der Waals surface area contributed by atoms with Crippen molar-refractivity contribution in [1.82, 2.24) is 4.31 Å². The summed E-state index contributed by atoms with van der Waals surface area (Å²) in [4.78, 5) is 10.9. The first-order valence-electron chi connectivity index (χ1n) is 6.22. The van der Waals surface area contributed by atoms with Gasteiger partial charge in [0.15, 0.2) is 0 Å². The first-order valence-corrected chi connectivity index (χ1v) is 7.72. The Kier molecular flexibility index (Phi) is 6.41. The van der Waals surface area contributed by atoms with Crippen LogP contribution >= 0.6 is 0 Å². The maximum absolute atomic E-state index is 12.0. The Labute approximate surface area is 119 Å². The molecule has 0 saturated heterocycles. The fraction of sp³-hybridized carbons (Fsp3) is 0.357. The van der Waals surface area contributed by atoms with E-state index in [1.54, 1.807) is 6.08 Å². The van der Waals surface area contributed by atoms with Crippen molar-refractivity contribution < 1.29 is 17.9 Å². The Morgan fingerprint density at radius 1 is 1.30 bits per heavy atom. The first-order chi connectivity index (χ1) is 9.45. The third-order valence-corrected chi connectivity index (χ3v) is 4.28. The van der Waals surface area contributed by atoms with Gasteiger partial charge in [0.2, 0.25) is 10.0 Å². The van der Waals surface area contributed by atoms with E-state index in [9.17, 15) is 13.2 Å². The standard InChI is InChI=1S/C14H19NO4S/c1-15(11-6-9-14(16)19-2)20(17,18)12-10-13-7-4-3-5-8-13/h3-5,7-8,10,12H,6,9,11H2,1-2H3/b12-10+. The molecule has 0 aliphatic heterocycles. The fourth-order valence-electron chi connectivity index (χ4n) is 1.51. The van der Waals surface area contributed by atoms with Crippen LogP contribution in [0.4, 0.5) is 0 Å². The molecule has 0 saturated carbocycles. The molecule has 0 N–H and O–H groups in total. The van der Waals surface area contributed by atoms with Gasteiger partial charge in [0, 0.05) is 25.4 Å². The minimum absolute atomic E-state index is 0.207. The number of methoxy groups -OCH3 is 1. The summed E-state index contributed by atoms with van der Waals surface area (Å²) >= 11 is 0. The van der Waals surface area contributed by atoms with Crippen molar-refractivity contribution in [2.24, 2.45) is 0 Å². The Balaban J connectivity index is 2.55. The number of rotatable bonds is 7. The van der Waals surface area contributed by atoms with Crippen molar-refractivity contribution in [2.75, 3.05) is 20.7 Å². The maximum atomic E-state index is 12.0. The highest BCUT2D eigenvalue weighted by atomic mass is 32.2. The number of ether oxygens (including phenoxy) is 1. The predicted molar refractivity (Wildman–Crippen MR) is 78.3 cm³/mol. The van der Waals surface area contributed by atoms with Gasteiger partial charge in [-0.05, 0) is 18.1 Å². The highest BCUT2D eigenvalue weighted by molar-refractivity contribution is 7.92. The fourth-order valence-corrected chi connectivity index (χ4v) is 2.43. The van der Waals surface area contributed by atoms with Gasteiger partial charge in [-0.2, -0.15) is 0 Å². The van der Waals surface area contributed by atoms with Crippen molar-refractivity contribution in [3.05, 3.63) is 41.3 Å². The lowest BCUT2D eigenvalue weighted by atomic mass is 10.2. The van der Waals surface area contributed by atoms with E-state index >= 15 is 0 Å². The predicted octanol–water partition coefficient (Wildman–Crippen LogP) is 1.87. The summed E-state index contributed by atoms with van der Waals surface area (Å²) < 4.78 is 29.7. The molecule has 5 nitrogen and oxygen atoms in total. The molecule has 0 heterocycles.